The maximum atomic E-state index is 12.1. The Kier molecular flexibility index (Phi) is 3.47. The third kappa shape index (κ3) is 2.78. The molecule has 4 rings (SSSR count). The Balaban J connectivity index is 1.62. The van der Waals surface area contributed by atoms with E-state index in [1.807, 2.05) is 18.2 Å². The largest absolute Gasteiger partial charge is 0.444 e. The van der Waals surface area contributed by atoms with Crippen LogP contribution in [0.5, 0.6) is 0 Å². The average Bonchev–Trinajstić information content (AvgIpc) is 3.27. The third-order valence-corrected chi connectivity index (χ3v) is 3.76. The molecule has 0 unspecified atom stereocenters. The molecule has 1 fully saturated rings. The Labute approximate surface area is 131 Å². The topological polar surface area (TPSA) is 90.1 Å². The molecule has 116 valence electrons. The maximum absolute atomic E-state index is 12.1. The second-order valence-corrected chi connectivity index (χ2v) is 5.32. The number of nitrogens with zero attached hydrogens (tertiary/aromatic N) is 3. The maximum Gasteiger partial charge on any atom is 0.255 e. The van der Waals surface area contributed by atoms with E-state index in [1.165, 1.54) is 6.39 Å². The van der Waals surface area contributed by atoms with E-state index in [4.69, 9.17) is 9.15 Å². The van der Waals surface area contributed by atoms with Crippen LogP contribution >= 0.6 is 0 Å². The number of aromatic nitrogens is 3. The Hall–Kier alpha value is -2.80. The standard InChI is InChI=1S/C16H14N4O3/c21-15(13-2-1-5-22-13)20-16-18-7-11-4-3-10(6-12(11)19-16)14-8-17-9-23-14/h3-4,6-9,13H,1-2,5H2,(H,18,19,20,21)/t13-/m1/s1. The smallest absolute Gasteiger partial charge is 0.255 e. The lowest BCUT2D eigenvalue weighted by molar-refractivity contribution is -0.124. The van der Waals surface area contributed by atoms with Crippen molar-refractivity contribution in [2.45, 2.75) is 18.9 Å². The number of oxazole rings is 1. The summed E-state index contributed by atoms with van der Waals surface area (Å²) < 4.78 is 10.6. The van der Waals surface area contributed by atoms with Crippen molar-refractivity contribution in [3.8, 4) is 11.3 Å². The van der Waals surface area contributed by atoms with Crippen molar-refractivity contribution in [1.29, 1.82) is 0 Å². The Morgan fingerprint density at radius 2 is 2.26 bits per heavy atom. The summed E-state index contributed by atoms with van der Waals surface area (Å²) in [7, 11) is 0. The van der Waals surface area contributed by atoms with Gasteiger partial charge < -0.3 is 9.15 Å². The van der Waals surface area contributed by atoms with Crippen molar-refractivity contribution < 1.29 is 13.9 Å². The molecule has 23 heavy (non-hydrogen) atoms. The van der Waals surface area contributed by atoms with Crippen LogP contribution in [0.4, 0.5) is 5.95 Å². The van der Waals surface area contributed by atoms with Gasteiger partial charge in [0.05, 0.1) is 11.7 Å². The first-order valence-electron chi connectivity index (χ1n) is 7.38. The normalized spacial score (nSPS) is 17.5. The van der Waals surface area contributed by atoms with Gasteiger partial charge in [0.15, 0.2) is 12.2 Å². The number of nitrogens with one attached hydrogen (secondary N) is 1. The number of carbonyl (C=O) groups excluding carboxylic acids is 1. The molecule has 7 nitrogen and oxygen atoms in total. The molecule has 0 bridgehead atoms. The fourth-order valence-electron chi connectivity index (χ4n) is 2.57. The summed E-state index contributed by atoms with van der Waals surface area (Å²) in [6.07, 6.45) is 5.92. The number of anilines is 1. The molecule has 1 aliphatic rings. The summed E-state index contributed by atoms with van der Waals surface area (Å²) in [5, 5.41) is 3.59. The third-order valence-electron chi connectivity index (χ3n) is 3.76. The number of hydrogen-bond acceptors (Lipinski definition) is 6. The van der Waals surface area contributed by atoms with Gasteiger partial charge in [-0.15, -0.1) is 0 Å². The second-order valence-electron chi connectivity index (χ2n) is 5.32. The Morgan fingerprint density at radius 1 is 1.30 bits per heavy atom. The summed E-state index contributed by atoms with van der Waals surface area (Å²) in [5.74, 6) is 0.733. The highest BCUT2D eigenvalue weighted by Gasteiger charge is 2.24. The van der Waals surface area contributed by atoms with Crippen LogP contribution in [0.2, 0.25) is 0 Å². The van der Waals surface area contributed by atoms with Gasteiger partial charge in [-0.3, -0.25) is 10.1 Å². The molecule has 1 amide bonds. The zero-order valence-electron chi connectivity index (χ0n) is 12.2. The number of amides is 1. The minimum atomic E-state index is -0.408. The molecule has 3 heterocycles. The molecule has 1 N–H and O–H groups in total. The van der Waals surface area contributed by atoms with Crippen LogP contribution in [0, 0.1) is 0 Å². The Morgan fingerprint density at radius 3 is 3.04 bits per heavy atom. The van der Waals surface area contributed by atoms with E-state index >= 15 is 0 Å². The zero-order chi connectivity index (χ0) is 15.6. The van der Waals surface area contributed by atoms with E-state index in [-0.39, 0.29) is 11.9 Å². The van der Waals surface area contributed by atoms with Crippen LogP contribution in [0.3, 0.4) is 0 Å². The molecule has 1 saturated heterocycles. The fourth-order valence-corrected chi connectivity index (χ4v) is 2.57. The lowest BCUT2D eigenvalue weighted by Gasteiger charge is -2.09. The van der Waals surface area contributed by atoms with Crippen molar-refractivity contribution >= 4 is 22.8 Å². The molecule has 2 aromatic heterocycles. The van der Waals surface area contributed by atoms with E-state index in [9.17, 15) is 4.79 Å². The van der Waals surface area contributed by atoms with Crippen LogP contribution in [-0.4, -0.2) is 33.6 Å². The molecule has 7 heteroatoms. The van der Waals surface area contributed by atoms with Gasteiger partial charge in [-0.25, -0.2) is 15.0 Å². The first-order chi connectivity index (χ1) is 11.3. The lowest BCUT2D eigenvalue weighted by atomic mass is 10.1. The molecule has 1 aromatic carbocycles. The van der Waals surface area contributed by atoms with Gasteiger partial charge in [0.1, 0.15) is 6.10 Å². The SMILES string of the molecule is O=C(Nc1ncc2ccc(-c3cnco3)cc2n1)[C@H]1CCCO1. The lowest BCUT2D eigenvalue weighted by Crippen LogP contribution is -2.27. The predicted octanol–water partition coefficient (Wildman–Crippen LogP) is 2.40. The van der Waals surface area contributed by atoms with Crippen molar-refractivity contribution in [2.75, 3.05) is 11.9 Å². The van der Waals surface area contributed by atoms with Crippen molar-refractivity contribution in [2.24, 2.45) is 0 Å². The van der Waals surface area contributed by atoms with Crippen LogP contribution in [0.25, 0.3) is 22.2 Å². The van der Waals surface area contributed by atoms with Gasteiger partial charge in [0.25, 0.3) is 5.91 Å². The molecular formula is C16H14N4O3. The number of benzene rings is 1. The highest BCUT2D eigenvalue weighted by molar-refractivity contribution is 5.93. The molecule has 0 radical (unpaired) electrons. The van der Waals surface area contributed by atoms with Gasteiger partial charge in [0, 0.05) is 23.8 Å². The van der Waals surface area contributed by atoms with Crippen molar-refractivity contribution in [1.82, 2.24) is 15.0 Å². The minimum absolute atomic E-state index is 0.201. The highest BCUT2D eigenvalue weighted by atomic mass is 16.5. The summed E-state index contributed by atoms with van der Waals surface area (Å²) >= 11 is 0. The summed E-state index contributed by atoms with van der Waals surface area (Å²) in [6.45, 7) is 0.622. The molecule has 0 spiro atoms. The molecule has 3 aromatic rings. The van der Waals surface area contributed by atoms with Crippen LogP contribution in [0.15, 0.2) is 41.4 Å². The van der Waals surface area contributed by atoms with Gasteiger partial charge in [-0.1, -0.05) is 12.1 Å². The zero-order valence-corrected chi connectivity index (χ0v) is 12.2. The van der Waals surface area contributed by atoms with Gasteiger partial charge in [-0.05, 0) is 18.9 Å². The van der Waals surface area contributed by atoms with E-state index < -0.39 is 6.10 Å². The number of hydrogen-bond donors (Lipinski definition) is 1. The fraction of sp³-hybridized carbons (Fsp3) is 0.250. The van der Waals surface area contributed by atoms with Gasteiger partial charge in [-0.2, -0.15) is 0 Å². The van der Waals surface area contributed by atoms with E-state index in [2.05, 4.69) is 20.3 Å². The molecule has 1 aliphatic heterocycles. The van der Waals surface area contributed by atoms with Crippen molar-refractivity contribution in [3.63, 3.8) is 0 Å². The van der Waals surface area contributed by atoms with E-state index in [0.717, 1.165) is 29.3 Å². The van der Waals surface area contributed by atoms with E-state index in [0.29, 0.717) is 12.4 Å². The monoisotopic (exact) mass is 310 g/mol. The molecular weight excluding hydrogens is 296 g/mol. The number of fused-ring (bicyclic) bond motifs is 1. The minimum Gasteiger partial charge on any atom is -0.444 e. The van der Waals surface area contributed by atoms with Crippen molar-refractivity contribution in [3.05, 3.63) is 37.0 Å². The van der Waals surface area contributed by atoms with Crippen LogP contribution in [0.1, 0.15) is 12.8 Å². The quantitative estimate of drug-likeness (QED) is 0.799. The second kappa shape index (κ2) is 5.77. The molecule has 0 aliphatic carbocycles. The van der Waals surface area contributed by atoms with Gasteiger partial charge >= 0.3 is 0 Å². The molecule has 1 atom stereocenters. The summed E-state index contributed by atoms with van der Waals surface area (Å²) in [4.78, 5) is 24.5. The summed E-state index contributed by atoms with van der Waals surface area (Å²) in [5.41, 5.74) is 1.58. The Bertz CT molecular complexity index is 842. The highest BCUT2D eigenvalue weighted by Crippen LogP contribution is 2.23. The number of carbonyl (C=O) groups is 1. The number of rotatable bonds is 3. The van der Waals surface area contributed by atoms with E-state index in [1.54, 1.807) is 12.4 Å². The summed E-state index contributed by atoms with van der Waals surface area (Å²) in [6, 6.07) is 5.69. The van der Waals surface area contributed by atoms with Gasteiger partial charge in [0.2, 0.25) is 5.95 Å². The number of ether oxygens (including phenoxy) is 1. The first kappa shape index (κ1) is 13.8. The van der Waals surface area contributed by atoms with Crippen LogP contribution in [-0.2, 0) is 9.53 Å². The van der Waals surface area contributed by atoms with Crippen LogP contribution < -0.4 is 5.32 Å². The average molecular weight is 310 g/mol. The predicted molar refractivity (Wildman–Crippen MR) is 82.6 cm³/mol. The molecule has 0 saturated carbocycles. The first-order valence-corrected chi connectivity index (χ1v) is 7.38.